The third kappa shape index (κ3) is 4.21. The monoisotopic (exact) mass is 370 g/mol. The number of aryl methyl sites for hydroxylation is 1. The van der Waals surface area contributed by atoms with E-state index in [1.165, 1.54) is 6.07 Å². The third-order valence-corrected chi connectivity index (χ3v) is 4.08. The molecule has 142 valence electrons. The molecule has 0 radical (unpaired) electrons. The van der Waals surface area contributed by atoms with Crippen molar-refractivity contribution < 1.29 is 9.18 Å². The molecule has 0 aliphatic carbocycles. The number of fused-ring (bicyclic) bond motifs is 1. The topological polar surface area (TPSA) is 84.2 Å². The van der Waals surface area contributed by atoms with Gasteiger partial charge >= 0.3 is 0 Å². The van der Waals surface area contributed by atoms with Gasteiger partial charge in [-0.3, -0.25) is 4.79 Å². The maximum Gasteiger partial charge on any atom is 0.251 e. The summed E-state index contributed by atoms with van der Waals surface area (Å²) in [6, 6.07) is 8.09. The van der Waals surface area contributed by atoms with E-state index in [4.69, 9.17) is 0 Å². The maximum atomic E-state index is 13.6. The van der Waals surface area contributed by atoms with Crippen LogP contribution in [0.3, 0.4) is 0 Å². The summed E-state index contributed by atoms with van der Waals surface area (Å²) in [5, 5.41) is 18.8. The quantitative estimate of drug-likeness (QED) is 0.675. The van der Waals surface area contributed by atoms with Gasteiger partial charge in [0.1, 0.15) is 11.6 Å². The fraction of sp³-hybridized carbons (Fsp3) is 0.368. The van der Waals surface area contributed by atoms with E-state index in [0.717, 1.165) is 5.82 Å². The number of nitrogens with one attached hydrogen (secondary N) is 2. The second-order valence-corrected chi connectivity index (χ2v) is 7.41. The zero-order valence-electron chi connectivity index (χ0n) is 15.9. The number of halogens is 1. The van der Waals surface area contributed by atoms with Gasteiger partial charge in [0.05, 0.1) is 0 Å². The first-order valence-corrected chi connectivity index (χ1v) is 8.77. The first kappa shape index (κ1) is 18.8. The molecule has 0 aliphatic heterocycles. The maximum absolute atomic E-state index is 13.6. The van der Waals surface area contributed by atoms with Crippen molar-refractivity contribution in [3.8, 4) is 0 Å². The summed E-state index contributed by atoms with van der Waals surface area (Å²) in [5.41, 5.74) is 1.32. The Kier molecular flexibility index (Phi) is 5.07. The Morgan fingerprint density at radius 1 is 1.15 bits per heavy atom. The van der Waals surface area contributed by atoms with E-state index < -0.39 is 0 Å². The summed E-state index contributed by atoms with van der Waals surface area (Å²) in [6.07, 6.45) is 0. The highest BCUT2D eigenvalue weighted by atomic mass is 19.1. The minimum atomic E-state index is -0.387. The lowest BCUT2D eigenvalue weighted by molar-refractivity contribution is 0.0954. The number of anilines is 1. The molecule has 1 amide bonds. The van der Waals surface area contributed by atoms with Crippen LogP contribution in [-0.4, -0.2) is 38.8 Å². The van der Waals surface area contributed by atoms with Crippen molar-refractivity contribution >= 4 is 17.4 Å². The number of amides is 1. The summed E-state index contributed by atoms with van der Waals surface area (Å²) >= 11 is 0. The number of carbonyl (C=O) groups excluding carboxylic acids is 1. The highest BCUT2D eigenvalue weighted by molar-refractivity contribution is 5.94. The van der Waals surface area contributed by atoms with E-state index in [-0.39, 0.29) is 17.1 Å². The van der Waals surface area contributed by atoms with Crippen molar-refractivity contribution in [3.63, 3.8) is 0 Å². The molecule has 7 nitrogen and oxygen atoms in total. The number of aromatic nitrogens is 4. The first-order chi connectivity index (χ1) is 12.8. The van der Waals surface area contributed by atoms with E-state index in [2.05, 4.69) is 46.7 Å². The molecule has 0 bridgehead atoms. The second kappa shape index (κ2) is 7.30. The molecule has 3 aromatic rings. The Morgan fingerprint density at radius 2 is 1.93 bits per heavy atom. The average Bonchev–Trinajstić information content (AvgIpc) is 3.04. The number of hydrogen-bond acceptors (Lipinski definition) is 5. The Balaban J connectivity index is 1.59. The summed E-state index contributed by atoms with van der Waals surface area (Å²) in [4.78, 5) is 12.1. The van der Waals surface area contributed by atoms with Crippen LogP contribution in [0.1, 0.15) is 42.5 Å². The summed E-state index contributed by atoms with van der Waals surface area (Å²) < 4.78 is 15.3. The van der Waals surface area contributed by atoms with Gasteiger partial charge in [-0.15, -0.1) is 15.3 Å². The van der Waals surface area contributed by atoms with Crippen LogP contribution in [0.4, 0.5) is 10.2 Å². The van der Waals surface area contributed by atoms with Crippen LogP contribution in [0.2, 0.25) is 0 Å². The molecule has 0 saturated heterocycles. The van der Waals surface area contributed by atoms with Crippen LogP contribution in [0.25, 0.3) is 5.65 Å². The van der Waals surface area contributed by atoms with Crippen molar-refractivity contribution in [2.75, 3.05) is 18.4 Å². The number of carbonyl (C=O) groups is 1. The van der Waals surface area contributed by atoms with E-state index in [0.29, 0.717) is 35.7 Å². The molecular formula is C19H23FN6O. The minimum absolute atomic E-state index is 0.178. The van der Waals surface area contributed by atoms with Crippen LogP contribution in [0.5, 0.6) is 0 Å². The molecular weight excluding hydrogens is 347 g/mol. The Morgan fingerprint density at radius 3 is 2.63 bits per heavy atom. The van der Waals surface area contributed by atoms with Gasteiger partial charge < -0.3 is 10.6 Å². The number of rotatable bonds is 5. The molecule has 0 saturated carbocycles. The second-order valence-electron chi connectivity index (χ2n) is 7.41. The van der Waals surface area contributed by atoms with Gasteiger partial charge in [0.2, 0.25) is 0 Å². The molecule has 0 spiro atoms. The van der Waals surface area contributed by atoms with Gasteiger partial charge in [0, 0.05) is 24.1 Å². The average molecular weight is 370 g/mol. The fourth-order valence-electron chi connectivity index (χ4n) is 2.55. The van der Waals surface area contributed by atoms with Crippen molar-refractivity contribution in [2.45, 2.75) is 33.1 Å². The molecule has 1 aromatic carbocycles. The van der Waals surface area contributed by atoms with E-state index in [1.807, 2.05) is 12.1 Å². The first-order valence-electron chi connectivity index (χ1n) is 8.77. The van der Waals surface area contributed by atoms with Gasteiger partial charge in [-0.05, 0) is 36.8 Å². The SMILES string of the molecule is Cc1ccc(C(=O)NCCNc2ccc3nnc(C(C)(C)C)n3n2)cc1F. The number of benzene rings is 1. The highest BCUT2D eigenvalue weighted by Crippen LogP contribution is 2.20. The van der Waals surface area contributed by atoms with Crippen LogP contribution >= 0.6 is 0 Å². The lowest BCUT2D eigenvalue weighted by Crippen LogP contribution is -2.29. The van der Waals surface area contributed by atoms with Crippen molar-refractivity contribution in [1.82, 2.24) is 25.1 Å². The van der Waals surface area contributed by atoms with E-state index in [9.17, 15) is 9.18 Å². The lowest BCUT2D eigenvalue weighted by atomic mass is 9.96. The van der Waals surface area contributed by atoms with E-state index in [1.54, 1.807) is 23.6 Å². The molecule has 0 aliphatic rings. The molecule has 8 heteroatoms. The smallest absolute Gasteiger partial charge is 0.251 e. The lowest BCUT2D eigenvalue weighted by Gasteiger charge is -2.15. The van der Waals surface area contributed by atoms with Crippen molar-refractivity contribution in [1.29, 1.82) is 0 Å². The molecule has 0 fully saturated rings. The third-order valence-electron chi connectivity index (χ3n) is 4.08. The zero-order chi connectivity index (χ0) is 19.6. The molecule has 0 unspecified atom stereocenters. The van der Waals surface area contributed by atoms with Crippen LogP contribution < -0.4 is 10.6 Å². The van der Waals surface area contributed by atoms with Crippen LogP contribution in [-0.2, 0) is 5.41 Å². The number of hydrogen-bond donors (Lipinski definition) is 2. The predicted octanol–water partition coefficient (Wildman–Crippen LogP) is 2.71. The van der Waals surface area contributed by atoms with Gasteiger partial charge in [0.15, 0.2) is 11.5 Å². The molecule has 3 rings (SSSR count). The fourth-order valence-corrected chi connectivity index (χ4v) is 2.55. The summed E-state index contributed by atoms with van der Waals surface area (Å²) in [5.74, 6) is 0.731. The Hall–Kier alpha value is -3.03. The minimum Gasteiger partial charge on any atom is -0.367 e. The van der Waals surface area contributed by atoms with Crippen LogP contribution in [0.15, 0.2) is 30.3 Å². The molecule has 2 heterocycles. The summed E-state index contributed by atoms with van der Waals surface area (Å²) in [7, 11) is 0. The number of nitrogens with zero attached hydrogens (tertiary/aromatic N) is 4. The molecule has 2 aromatic heterocycles. The normalized spacial score (nSPS) is 11.6. The summed E-state index contributed by atoms with van der Waals surface area (Å²) in [6.45, 7) is 8.66. The van der Waals surface area contributed by atoms with Gasteiger partial charge in [-0.25, -0.2) is 4.39 Å². The van der Waals surface area contributed by atoms with Gasteiger partial charge in [-0.2, -0.15) is 4.52 Å². The molecule has 27 heavy (non-hydrogen) atoms. The molecule has 0 atom stereocenters. The Bertz CT molecular complexity index is 976. The van der Waals surface area contributed by atoms with Gasteiger partial charge in [0.25, 0.3) is 5.91 Å². The van der Waals surface area contributed by atoms with Crippen LogP contribution in [0, 0.1) is 12.7 Å². The molecule has 2 N–H and O–H groups in total. The van der Waals surface area contributed by atoms with Crippen molar-refractivity contribution in [3.05, 3.63) is 53.1 Å². The standard InChI is InChI=1S/C19H23FN6O/c1-12-5-6-13(11-14(12)20)17(27)22-10-9-21-15-7-8-16-23-24-18(19(2,3)4)26(16)25-15/h5-8,11H,9-10H2,1-4H3,(H,21,25)(H,22,27). The largest absolute Gasteiger partial charge is 0.367 e. The van der Waals surface area contributed by atoms with E-state index >= 15 is 0 Å². The predicted molar refractivity (Wildman–Crippen MR) is 101 cm³/mol. The van der Waals surface area contributed by atoms with Crippen molar-refractivity contribution in [2.24, 2.45) is 0 Å². The zero-order valence-corrected chi connectivity index (χ0v) is 15.9. The Labute approximate surface area is 157 Å². The highest BCUT2D eigenvalue weighted by Gasteiger charge is 2.21. The van der Waals surface area contributed by atoms with Gasteiger partial charge in [-0.1, -0.05) is 26.8 Å².